The summed E-state index contributed by atoms with van der Waals surface area (Å²) in [6, 6.07) is 0. The van der Waals surface area contributed by atoms with Crippen LogP contribution in [0.2, 0.25) is 0 Å². The van der Waals surface area contributed by atoms with Gasteiger partial charge in [-0.15, -0.1) is 0 Å². The zero-order valence-electron chi connectivity index (χ0n) is 7.97. The lowest BCUT2D eigenvalue weighted by Crippen LogP contribution is -2.41. The fourth-order valence-electron chi connectivity index (χ4n) is 1.72. The highest BCUT2D eigenvalue weighted by Gasteiger charge is 2.31. The lowest BCUT2D eigenvalue weighted by Gasteiger charge is -2.24. The number of hydrogen-bond donors (Lipinski definition) is 1. The predicted octanol–water partition coefficient (Wildman–Crippen LogP) is 0.736. The molecule has 0 aromatic heterocycles. The number of nitrogens with two attached hydrogens (primary N) is 1. The summed E-state index contributed by atoms with van der Waals surface area (Å²) in [6.45, 7) is 0. The molecule has 0 aromatic carbocycles. The minimum atomic E-state index is -0.193. The molecule has 1 saturated carbocycles. The molecule has 3 heteroatoms. The van der Waals surface area contributed by atoms with E-state index >= 15 is 0 Å². The average molecular weight is 170 g/mol. The molecule has 0 aromatic rings. The first-order valence-electron chi connectivity index (χ1n) is 4.53. The van der Waals surface area contributed by atoms with Gasteiger partial charge in [-0.2, -0.15) is 0 Å². The van der Waals surface area contributed by atoms with Crippen molar-refractivity contribution < 1.29 is 4.79 Å². The van der Waals surface area contributed by atoms with Crippen LogP contribution in [-0.2, 0) is 4.79 Å². The summed E-state index contributed by atoms with van der Waals surface area (Å²) in [5.41, 5.74) is 5.86. The molecule has 1 amide bonds. The van der Waals surface area contributed by atoms with Gasteiger partial charge in [-0.1, -0.05) is 12.8 Å². The molecule has 0 heterocycles. The molecule has 3 nitrogen and oxygen atoms in total. The molecule has 0 unspecified atom stereocenters. The highest BCUT2D eigenvalue weighted by molar-refractivity contribution is 5.76. The van der Waals surface area contributed by atoms with Crippen LogP contribution in [0.4, 0.5) is 0 Å². The van der Waals surface area contributed by atoms with Gasteiger partial charge < -0.3 is 10.6 Å². The Morgan fingerprint density at radius 1 is 1.42 bits per heavy atom. The van der Waals surface area contributed by atoms with Crippen molar-refractivity contribution in [1.82, 2.24) is 4.90 Å². The van der Waals surface area contributed by atoms with Crippen molar-refractivity contribution in [2.45, 2.75) is 37.6 Å². The van der Waals surface area contributed by atoms with Crippen molar-refractivity contribution in [3.05, 3.63) is 0 Å². The van der Waals surface area contributed by atoms with Crippen LogP contribution in [0, 0.1) is 0 Å². The maximum Gasteiger partial charge on any atom is 0.223 e. The van der Waals surface area contributed by atoms with Gasteiger partial charge in [-0.25, -0.2) is 0 Å². The highest BCUT2D eigenvalue weighted by atomic mass is 16.2. The van der Waals surface area contributed by atoms with Crippen LogP contribution in [0.1, 0.15) is 32.1 Å². The van der Waals surface area contributed by atoms with Gasteiger partial charge >= 0.3 is 0 Å². The number of hydrogen-bond acceptors (Lipinski definition) is 2. The summed E-state index contributed by atoms with van der Waals surface area (Å²) in [4.78, 5) is 13.0. The number of rotatable bonds is 2. The molecule has 12 heavy (non-hydrogen) atoms. The van der Waals surface area contributed by atoms with Crippen molar-refractivity contribution in [1.29, 1.82) is 0 Å². The minimum absolute atomic E-state index is 0.152. The molecule has 1 aliphatic rings. The Balaban J connectivity index is 2.44. The van der Waals surface area contributed by atoms with Crippen molar-refractivity contribution in [3.63, 3.8) is 0 Å². The van der Waals surface area contributed by atoms with E-state index in [9.17, 15) is 4.79 Å². The monoisotopic (exact) mass is 170 g/mol. The van der Waals surface area contributed by atoms with Gasteiger partial charge in [-0.3, -0.25) is 4.79 Å². The lowest BCUT2D eigenvalue weighted by molar-refractivity contribution is -0.129. The Labute approximate surface area is 73.9 Å². The molecule has 0 aliphatic heterocycles. The fourth-order valence-corrected chi connectivity index (χ4v) is 1.72. The van der Waals surface area contributed by atoms with Crippen LogP contribution in [0.3, 0.4) is 0 Å². The van der Waals surface area contributed by atoms with Crippen molar-refractivity contribution in [3.8, 4) is 0 Å². The molecule has 1 aliphatic carbocycles. The molecule has 1 rings (SSSR count). The molecule has 0 bridgehead atoms. The molecule has 0 radical (unpaired) electrons. The Kier molecular flexibility index (Phi) is 2.73. The van der Waals surface area contributed by atoms with Crippen LogP contribution in [0.25, 0.3) is 0 Å². The fraction of sp³-hybridized carbons (Fsp3) is 0.889. The van der Waals surface area contributed by atoms with Gasteiger partial charge in [0.2, 0.25) is 5.91 Å². The minimum Gasteiger partial charge on any atom is -0.349 e. The number of carbonyl (C=O) groups excluding carboxylic acids is 1. The molecular formula is C9H18N2O. The van der Waals surface area contributed by atoms with Crippen LogP contribution < -0.4 is 5.73 Å². The summed E-state index contributed by atoms with van der Waals surface area (Å²) >= 11 is 0. The third-order valence-electron chi connectivity index (χ3n) is 2.60. The summed E-state index contributed by atoms with van der Waals surface area (Å²) < 4.78 is 0. The third kappa shape index (κ3) is 2.21. The zero-order valence-corrected chi connectivity index (χ0v) is 7.97. The Hall–Kier alpha value is -0.570. The zero-order chi connectivity index (χ0) is 9.19. The van der Waals surface area contributed by atoms with E-state index in [0.29, 0.717) is 6.42 Å². The first-order valence-corrected chi connectivity index (χ1v) is 4.53. The van der Waals surface area contributed by atoms with Crippen molar-refractivity contribution >= 4 is 5.91 Å². The van der Waals surface area contributed by atoms with Crippen molar-refractivity contribution in [2.24, 2.45) is 5.73 Å². The van der Waals surface area contributed by atoms with Crippen molar-refractivity contribution in [2.75, 3.05) is 14.1 Å². The SMILES string of the molecule is CN(C)C(=O)CC1(N)CCCC1. The van der Waals surface area contributed by atoms with Gasteiger partial charge in [0.05, 0.1) is 0 Å². The molecule has 2 N–H and O–H groups in total. The molecule has 0 atom stereocenters. The second kappa shape index (κ2) is 3.44. The summed E-state index contributed by atoms with van der Waals surface area (Å²) in [6.07, 6.45) is 4.88. The van der Waals surface area contributed by atoms with Crippen LogP contribution >= 0.6 is 0 Å². The second-order valence-electron chi connectivity index (χ2n) is 4.03. The van der Waals surface area contributed by atoms with Gasteiger partial charge in [-0.05, 0) is 12.8 Å². The maximum atomic E-state index is 11.3. The largest absolute Gasteiger partial charge is 0.349 e. The Bertz CT molecular complexity index is 171. The van der Waals surface area contributed by atoms with E-state index in [1.54, 1.807) is 19.0 Å². The van der Waals surface area contributed by atoms with Gasteiger partial charge in [0, 0.05) is 26.1 Å². The Morgan fingerprint density at radius 3 is 2.33 bits per heavy atom. The lowest BCUT2D eigenvalue weighted by atomic mass is 9.94. The average Bonchev–Trinajstić information content (AvgIpc) is 2.35. The molecule has 1 fully saturated rings. The first kappa shape index (κ1) is 9.52. The number of amides is 1. The Morgan fingerprint density at radius 2 is 1.92 bits per heavy atom. The van der Waals surface area contributed by atoms with E-state index in [-0.39, 0.29) is 11.4 Å². The van der Waals surface area contributed by atoms with E-state index < -0.39 is 0 Å². The highest BCUT2D eigenvalue weighted by Crippen LogP contribution is 2.30. The maximum absolute atomic E-state index is 11.3. The number of carbonyl (C=O) groups is 1. The molecular weight excluding hydrogens is 152 g/mol. The van der Waals surface area contributed by atoms with Crippen LogP contribution in [0.5, 0.6) is 0 Å². The first-order chi connectivity index (χ1) is 5.53. The standard InChI is InChI=1S/C9H18N2O/c1-11(2)8(12)7-9(10)5-3-4-6-9/h3-7,10H2,1-2H3. The van der Waals surface area contributed by atoms with Gasteiger partial charge in [0.15, 0.2) is 0 Å². The molecule has 0 saturated heterocycles. The summed E-state index contributed by atoms with van der Waals surface area (Å²) in [5.74, 6) is 0.152. The molecule has 0 spiro atoms. The summed E-state index contributed by atoms with van der Waals surface area (Å²) in [7, 11) is 3.56. The predicted molar refractivity (Wildman–Crippen MR) is 48.7 cm³/mol. The van der Waals surface area contributed by atoms with Crippen LogP contribution in [-0.4, -0.2) is 30.4 Å². The normalized spacial score (nSPS) is 20.9. The quantitative estimate of drug-likeness (QED) is 0.664. The van der Waals surface area contributed by atoms with E-state index in [4.69, 9.17) is 5.73 Å². The van der Waals surface area contributed by atoms with E-state index in [1.807, 2.05) is 0 Å². The number of nitrogens with zero attached hydrogens (tertiary/aromatic N) is 1. The third-order valence-corrected chi connectivity index (χ3v) is 2.60. The van der Waals surface area contributed by atoms with Crippen LogP contribution in [0.15, 0.2) is 0 Å². The van der Waals surface area contributed by atoms with E-state index in [0.717, 1.165) is 12.8 Å². The van der Waals surface area contributed by atoms with E-state index in [2.05, 4.69) is 0 Å². The van der Waals surface area contributed by atoms with Gasteiger partial charge in [0.25, 0.3) is 0 Å². The summed E-state index contributed by atoms with van der Waals surface area (Å²) in [5, 5.41) is 0. The molecule has 70 valence electrons. The second-order valence-corrected chi connectivity index (χ2v) is 4.03. The van der Waals surface area contributed by atoms with Gasteiger partial charge in [0.1, 0.15) is 0 Å². The topological polar surface area (TPSA) is 46.3 Å². The smallest absolute Gasteiger partial charge is 0.223 e. The van der Waals surface area contributed by atoms with E-state index in [1.165, 1.54) is 12.8 Å².